The number of aromatic nitrogens is 1. The Kier molecular flexibility index (Phi) is 2.81. The monoisotopic (exact) mass is 222 g/mol. The largest absolute Gasteiger partial charge is 0.573 e. The molecule has 0 aliphatic rings. The van der Waals surface area contributed by atoms with E-state index >= 15 is 0 Å². The predicted octanol–water partition coefficient (Wildman–Crippen LogP) is 2.51. The Morgan fingerprint density at radius 2 is 2.07 bits per heavy atom. The Morgan fingerprint density at radius 3 is 2.57 bits per heavy atom. The van der Waals surface area contributed by atoms with E-state index in [1.807, 2.05) is 0 Å². The van der Waals surface area contributed by atoms with Crippen LogP contribution in [-0.2, 0) is 0 Å². The van der Waals surface area contributed by atoms with Crippen molar-refractivity contribution in [2.75, 3.05) is 0 Å². The van der Waals surface area contributed by atoms with Crippen LogP contribution in [0.3, 0.4) is 0 Å². The van der Waals surface area contributed by atoms with Crippen LogP contribution in [0.2, 0.25) is 5.15 Å². The molecule has 74 valence electrons. The summed E-state index contributed by atoms with van der Waals surface area (Å²) in [6.45, 7) is 0. The van der Waals surface area contributed by atoms with Gasteiger partial charge in [-0.25, -0.2) is 4.98 Å². The first kappa shape index (κ1) is 10.6. The van der Waals surface area contributed by atoms with Crippen LogP contribution in [0.1, 0.15) is 5.69 Å². The van der Waals surface area contributed by atoms with Crippen molar-refractivity contribution in [1.29, 1.82) is 5.26 Å². The van der Waals surface area contributed by atoms with E-state index in [2.05, 4.69) is 9.72 Å². The van der Waals surface area contributed by atoms with E-state index in [4.69, 9.17) is 16.9 Å². The van der Waals surface area contributed by atoms with Gasteiger partial charge in [0.2, 0.25) is 0 Å². The SMILES string of the molecule is N#Cc1nc(Cl)ccc1OC(F)(F)F. The van der Waals surface area contributed by atoms with Crippen LogP contribution in [0.15, 0.2) is 12.1 Å². The van der Waals surface area contributed by atoms with Crippen molar-refractivity contribution in [3.05, 3.63) is 23.0 Å². The molecule has 0 unspecified atom stereocenters. The smallest absolute Gasteiger partial charge is 0.403 e. The van der Waals surface area contributed by atoms with Crippen LogP contribution >= 0.6 is 11.6 Å². The summed E-state index contributed by atoms with van der Waals surface area (Å²) in [5, 5.41) is 8.35. The Labute approximate surface area is 81.7 Å². The lowest BCUT2D eigenvalue weighted by Crippen LogP contribution is -2.18. The highest BCUT2D eigenvalue weighted by Gasteiger charge is 2.32. The molecule has 1 aromatic rings. The molecule has 0 bridgehead atoms. The zero-order valence-electron chi connectivity index (χ0n) is 6.47. The molecule has 0 atom stereocenters. The van der Waals surface area contributed by atoms with E-state index in [0.717, 1.165) is 12.1 Å². The van der Waals surface area contributed by atoms with Gasteiger partial charge in [-0.1, -0.05) is 11.6 Å². The lowest BCUT2D eigenvalue weighted by molar-refractivity contribution is -0.274. The molecule has 0 aliphatic carbocycles. The second-order valence-corrected chi connectivity index (χ2v) is 2.53. The molecule has 0 fully saturated rings. The van der Waals surface area contributed by atoms with E-state index < -0.39 is 17.8 Å². The molecular formula is C7H2ClF3N2O. The number of nitrogens with zero attached hydrogens (tertiary/aromatic N) is 2. The maximum atomic E-state index is 11.8. The van der Waals surface area contributed by atoms with E-state index in [1.54, 1.807) is 0 Å². The van der Waals surface area contributed by atoms with Gasteiger partial charge in [0.1, 0.15) is 11.2 Å². The summed E-state index contributed by atoms with van der Waals surface area (Å²) in [6.07, 6.45) is -4.85. The van der Waals surface area contributed by atoms with Gasteiger partial charge in [0, 0.05) is 0 Å². The van der Waals surface area contributed by atoms with Gasteiger partial charge in [0.15, 0.2) is 11.4 Å². The first-order valence-corrected chi connectivity index (χ1v) is 3.62. The number of ether oxygens (including phenoxy) is 1. The van der Waals surface area contributed by atoms with E-state index in [0.29, 0.717) is 0 Å². The molecule has 0 N–H and O–H groups in total. The molecule has 7 heteroatoms. The van der Waals surface area contributed by atoms with Crippen molar-refractivity contribution >= 4 is 11.6 Å². The Bertz CT molecular complexity index is 386. The number of pyridine rings is 1. The molecule has 0 aliphatic heterocycles. The lowest BCUT2D eigenvalue weighted by Gasteiger charge is -2.08. The second kappa shape index (κ2) is 3.72. The number of rotatable bonds is 1. The van der Waals surface area contributed by atoms with E-state index in [-0.39, 0.29) is 5.15 Å². The van der Waals surface area contributed by atoms with Crippen molar-refractivity contribution in [2.45, 2.75) is 6.36 Å². The topological polar surface area (TPSA) is 45.9 Å². The predicted molar refractivity (Wildman–Crippen MR) is 40.6 cm³/mol. The molecule has 3 nitrogen and oxygen atoms in total. The van der Waals surface area contributed by atoms with Gasteiger partial charge < -0.3 is 4.74 Å². The van der Waals surface area contributed by atoms with Crippen molar-refractivity contribution in [3.63, 3.8) is 0 Å². The zero-order valence-corrected chi connectivity index (χ0v) is 7.23. The number of hydrogen-bond acceptors (Lipinski definition) is 3. The van der Waals surface area contributed by atoms with Gasteiger partial charge in [-0.2, -0.15) is 5.26 Å². The van der Waals surface area contributed by atoms with Gasteiger partial charge in [-0.15, -0.1) is 13.2 Å². The van der Waals surface area contributed by atoms with Crippen molar-refractivity contribution in [3.8, 4) is 11.8 Å². The number of hydrogen-bond donors (Lipinski definition) is 0. The highest BCUT2D eigenvalue weighted by molar-refractivity contribution is 6.29. The first-order chi connectivity index (χ1) is 6.42. The molecule has 0 aromatic carbocycles. The number of nitriles is 1. The third-order valence-electron chi connectivity index (χ3n) is 1.16. The minimum atomic E-state index is -4.85. The molecule has 1 rings (SSSR count). The van der Waals surface area contributed by atoms with Crippen molar-refractivity contribution in [2.24, 2.45) is 0 Å². The standard InChI is InChI=1S/C7H2ClF3N2O/c8-6-2-1-5(4(3-12)13-6)14-7(9,10)11/h1-2H. The van der Waals surface area contributed by atoms with Gasteiger partial charge in [-0.05, 0) is 12.1 Å². The fraction of sp³-hybridized carbons (Fsp3) is 0.143. The third kappa shape index (κ3) is 2.78. The van der Waals surface area contributed by atoms with Crippen molar-refractivity contribution < 1.29 is 17.9 Å². The molecular weight excluding hydrogens is 221 g/mol. The average Bonchev–Trinajstić information content (AvgIpc) is 2.06. The van der Waals surface area contributed by atoms with Gasteiger partial charge >= 0.3 is 6.36 Å². The average molecular weight is 223 g/mol. The Hall–Kier alpha value is -1.48. The van der Waals surface area contributed by atoms with Gasteiger partial charge in [-0.3, -0.25) is 0 Å². The minimum absolute atomic E-state index is 0.0731. The first-order valence-electron chi connectivity index (χ1n) is 3.25. The van der Waals surface area contributed by atoms with Crippen LogP contribution in [0.25, 0.3) is 0 Å². The van der Waals surface area contributed by atoms with Gasteiger partial charge in [0.05, 0.1) is 0 Å². The Balaban J connectivity index is 3.05. The van der Waals surface area contributed by atoms with Crippen LogP contribution < -0.4 is 4.74 Å². The quantitative estimate of drug-likeness (QED) is 0.686. The molecule has 1 heterocycles. The second-order valence-electron chi connectivity index (χ2n) is 2.14. The van der Waals surface area contributed by atoms with Crippen molar-refractivity contribution in [1.82, 2.24) is 4.98 Å². The summed E-state index contributed by atoms with van der Waals surface area (Å²) in [7, 11) is 0. The summed E-state index contributed by atoms with van der Waals surface area (Å²) < 4.78 is 38.8. The normalized spacial score (nSPS) is 10.8. The zero-order chi connectivity index (χ0) is 10.8. The Morgan fingerprint density at radius 1 is 1.43 bits per heavy atom. The van der Waals surface area contributed by atoms with Crippen LogP contribution in [0.5, 0.6) is 5.75 Å². The fourth-order valence-corrected chi connectivity index (χ4v) is 0.857. The number of halogens is 4. The van der Waals surface area contributed by atoms with Crippen LogP contribution in [0, 0.1) is 11.3 Å². The van der Waals surface area contributed by atoms with E-state index in [9.17, 15) is 13.2 Å². The molecule has 0 saturated carbocycles. The summed E-state index contributed by atoms with van der Waals surface area (Å²) in [5.74, 6) is -0.663. The van der Waals surface area contributed by atoms with Crippen LogP contribution in [-0.4, -0.2) is 11.3 Å². The highest BCUT2D eigenvalue weighted by Crippen LogP contribution is 2.25. The number of alkyl halides is 3. The molecule has 14 heavy (non-hydrogen) atoms. The lowest BCUT2D eigenvalue weighted by atomic mass is 10.3. The fourth-order valence-electron chi connectivity index (χ4n) is 0.710. The molecule has 1 aromatic heterocycles. The maximum absolute atomic E-state index is 11.8. The van der Waals surface area contributed by atoms with Gasteiger partial charge in [0.25, 0.3) is 0 Å². The van der Waals surface area contributed by atoms with Crippen LogP contribution in [0.4, 0.5) is 13.2 Å². The minimum Gasteiger partial charge on any atom is -0.403 e. The highest BCUT2D eigenvalue weighted by atomic mass is 35.5. The summed E-state index contributed by atoms with van der Waals surface area (Å²) in [4.78, 5) is 3.36. The molecule has 0 amide bonds. The summed E-state index contributed by atoms with van der Waals surface area (Å²) >= 11 is 5.37. The third-order valence-corrected chi connectivity index (χ3v) is 1.37. The molecule has 0 saturated heterocycles. The molecule has 0 radical (unpaired) electrons. The summed E-state index contributed by atoms with van der Waals surface area (Å²) in [5.41, 5.74) is -0.505. The summed E-state index contributed by atoms with van der Waals surface area (Å²) in [6, 6.07) is 3.47. The maximum Gasteiger partial charge on any atom is 0.573 e. The van der Waals surface area contributed by atoms with E-state index in [1.165, 1.54) is 6.07 Å². The molecule has 0 spiro atoms.